The van der Waals surface area contributed by atoms with Crippen LogP contribution in [0.3, 0.4) is 0 Å². The topological polar surface area (TPSA) is 61.4 Å². The van der Waals surface area contributed by atoms with Crippen LogP contribution in [0, 0.1) is 0 Å². The lowest BCUT2D eigenvalue weighted by Gasteiger charge is -2.37. The standard InChI is InChI=1S/C23H29N5OS/c1-5-18(16-30-4)23(29)26-20-7-6-19(17(2)3)14-21(20)27-10-12-28(13-11-27)22-15-24-8-9-25-22/h5-9,14-17H,1,10-13H2,2-4H3,(H,26,29). The Morgan fingerprint density at radius 1 is 1.20 bits per heavy atom. The zero-order valence-corrected chi connectivity index (χ0v) is 18.7. The molecule has 1 aliphatic heterocycles. The third-order valence-corrected chi connectivity index (χ3v) is 5.65. The summed E-state index contributed by atoms with van der Waals surface area (Å²) in [5.74, 6) is 1.17. The summed E-state index contributed by atoms with van der Waals surface area (Å²) < 4.78 is 0. The van der Waals surface area contributed by atoms with Crippen LogP contribution in [0.2, 0.25) is 0 Å². The van der Waals surface area contributed by atoms with Gasteiger partial charge < -0.3 is 15.1 Å². The highest BCUT2D eigenvalue weighted by Crippen LogP contribution is 2.32. The number of benzene rings is 1. The van der Waals surface area contributed by atoms with Gasteiger partial charge in [0.1, 0.15) is 5.82 Å². The van der Waals surface area contributed by atoms with Gasteiger partial charge in [0, 0.05) is 44.1 Å². The average Bonchev–Trinajstić information content (AvgIpc) is 2.78. The SMILES string of the molecule is C=CC(=CSC)C(=O)Nc1ccc(C(C)C)cc1N1CCN(c2cnccn2)CC1. The summed E-state index contributed by atoms with van der Waals surface area (Å²) in [6, 6.07) is 6.30. The second-order valence-corrected chi connectivity index (χ2v) is 8.14. The summed E-state index contributed by atoms with van der Waals surface area (Å²) >= 11 is 1.49. The van der Waals surface area contributed by atoms with Crippen LogP contribution in [0.5, 0.6) is 0 Å². The molecule has 1 fully saturated rings. The molecular formula is C23H29N5OS. The molecule has 6 nitrogen and oxygen atoms in total. The van der Waals surface area contributed by atoms with Crippen LogP contribution in [-0.2, 0) is 4.79 Å². The largest absolute Gasteiger partial charge is 0.366 e. The maximum Gasteiger partial charge on any atom is 0.256 e. The molecule has 30 heavy (non-hydrogen) atoms. The number of piperazine rings is 1. The molecule has 7 heteroatoms. The monoisotopic (exact) mass is 423 g/mol. The lowest BCUT2D eigenvalue weighted by Crippen LogP contribution is -2.47. The second kappa shape index (κ2) is 10.3. The molecule has 1 aromatic carbocycles. The van der Waals surface area contributed by atoms with Crippen LogP contribution in [0.25, 0.3) is 0 Å². The Hall–Kier alpha value is -2.80. The van der Waals surface area contributed by atoms with Crippen LogP contribution >= 0.6 is 11.8 Å². The third kappa shape index (κ3) is 5.21. The molecule has 0 saturated carbocycles. The van der Waals surface area contributed by atoms with Gasteiger partial charge in [-0.1, -0.05) is 32.6 Å². The molecular weight excluding hydrogens is 394 g/mol. The number of thioether (sulfide) groups is 1. The Morgan fingerprint density at radius 3 is 2.53 bits per heavy atom. The molecule has 2 aromatic rings. The van der Waals surface area contributed by atoms with Crippen molar-refractivity contribution < 1.29 is 4.79 Å². The van der Waals surface area contributed by atoms with Crippen molar-refractivity contribution in [2.45, 2.75) is 19.8 Å². The average molecular weight is 424 g/mol. The molecule has 0 spiro atoms. The number of nitrogens with one attached hydrogen (secondary N) is 1. The summed E-state index contributed by atoms with van der Waals surface area (Å²) in [6.07, 6.45) is 8.73. The van der Waals surface area contributed by atoms with E-state index in [-0.39, 0.29) is 5.91 Å². The molecule has 1 N–H and O–H groups in total. The first kappa shape index (κ1) is 21.9. The Balaban J connectivity index is 1.82. The fraction of sp³-hybridized carbons (Fsp3) is 0.348. The Morgan fingerprint density at radius 2 is 1.93 bits per heavy atom. The lowest BCUT2D eigenvalue weighted by atomic mass is 10.0. The molecule has 0 atom stereocenters. The van der Waals surface area contributed by atoms with Gasteiger partial charge in [0.25, 0.3) is 5.91 Å². The van der Waals surface area contributed by atoms with Gasteiger partial charge in [-0.2, -0.15) is 0 Å². The molecule has 1 aromatic heterocycles. The molecule has 1 amide bonds. The van der Waals surface area contributed by atoms with Crippen molar-refractivity contribution in [2.75, 3.05) is 47.6 Å². The third-order valence-electron chi connectivity index (χ3n) is 5.16. The van der Waals surface area contributed by atoms with Crippen LogP contribution < -0.4 is 15.1 Å². The fourth-order valence-corrected chi connectivity index (χ4v) is 3.88. The van der Waals surface area contributed by atoms with E-state index in [1.807, 2.05) is 17.7 Å². The molecule has 1 aliphatic rings. The summed E-state index contributed by atoms with van der Waals surface area (Å²) in [5.41, 5.74) is 3.70. The van der Waals surface area contributed by atoms with Gasteiger partial charge in [0.2, 0.25) is 0 Å². The molecule has 1 saturated heterocycles. The van der Waals surface area contributed by atoms with E-state index < -0.39 is 0 Å². The van der Waals surface area contributed by atoms with Crippen LogP contribution in [-0.4, -0.2) is 48.3 Å². The molecule has 158 valence electrons. The summed E-state index contributed by atoms with van der Waals surface area (Å²) in [5, 5.41) is 4.89. The number of amides is 1. The first-order valence-electron chi connectivity index (χ1n) is 10.1. The van der Waals surface area contributed by atoms with Crippen molar-refractivity contribution in [3.8, 4) is 0 Å². The van der Waals surface area contributed by atoms with E-state index in [4.69, 9.17) is 0 Å². The van der Waals surface area contributed by atoms with Gasteiger partial charge >= 0.3 is 0 Å². The number of nitrogens with zero attached hydrogens (tertiary/aromatic N) is 4. The zero-order valence-electron chi connectivity index (χ0n) is 17.8. The predicted octanol–water partition coefficient (Wildman–Crippen LogP) is 4.30. The number of carbonyl (C=O) groups is 1. The minimum atomic E-state index is -0.143. The van der Waals surface area contributed by atoms with Gasteiger partial charge in [-0.05, 0) is 35.3 Å². The van der Waals surface area contributed by atoms with Crippen molar-refractivity contribution in [3.63, 3.8) is 0 Å². The predicted molar refractivity (Wildman–Crippen MR) is 127 cm³/mol. The smallest absolute Gasteiger partial charge is 0.256 e. The van der Waals surface area contributed by atoms with E-state index in [1.165, 1.54) is 17.3 Å². The highest BCUT2D eigenvalue weighted by Gasteiger charge is 2.22. The van der Waals surface area contributed by atoms with Crippen LogP contribution in [0.1, 0.15) is 25.3 Å². The minimum absolute atomic E-state index is 0.143. The van der Waals surface area contributed by atoms with E-state index in [2.05, 4.69) is 57.6 Å². The van der Waals surface area contributed by atoms with E-state index >= 15 is 0 Å². The van der Waals surface area contributed by atoms with Crippen LogP contribution in [0.4, 0.5) is 17.2 Å². The highest BCUT2D eigenvalue weighted by molar-refractivity contribution is 8.01. The second-order valence-electron chi connectivity index (χ2n) is 7.44. The maximum absolute atomic E-state index is 12.7. The molecule has 0 unspecified atom stereocenters. The lowest BCUT2D eigenvalue weighted by molar-refractivity contribution is -0.112. The minimum Gasteiger partial charge on any atom is -0.366 e. The van der Waals surface area contributed by atoms with E-state index in [0.29, 0.717) is 11.5 Å². The van der Waals surface area contributed by atoms with Crippen molar-refractivity contribution in [1.29, 1.82) is 0 Å². The number of hydrogen-bond acceptors (Lipinski definition) is 6. The van der Waals surface area contributed by atoms with Crippen molar-refractivity contribution in [3.05, 3.63) is 66.0 Å². The van der Waals surface area contributed by atoms with Crippen molar-refractivity contribution in [2.24, 2.45) is 0 Å². The molecule has 3 rings (SSSR count). The Bertz CT molecular complexity index is 905. The molecule has 2 heterocycles. The number of anilines is 3. The fourth-order valence-electron chi connectivity index (χ4n) is 3.42. The van der Waals surface area contributed by atoms with Gasteiger partial charge in [-0.15, -0.1) is 11.8 Å². The normalized spacial score (nSPS) is 14.7. The summed E-state index contributed by atoms with van der Waals surface area (Å²) in [4.78, 5) is 25.9. The van der Waals surface area contributed by atoms with Crippen LogP contribution in [0.15, 0.2) is 60.4 Å². The van der Waals surface area contributed by atoms with E-state index in [9.17, 15) is 4.79 Å². The number of rotatable bonds is 7. The van der Waals surface area contributed by atoms with Gasteiger partial charge in [-0.25, -0.2) is 4.98 Å². The first-order valence-corrected chi connectivity index (χ1v) is 11.4. The quantitative estimate of drug-likeness (QED) is 0.529. The number of hydrogen-bond donors (Lipinski definition) is 1. The van der Waals surface area contributed by atoms with Gasteiger partial charge in [-0.3, -0.25) is 9.78 Å². The maximum atomic E-state index is 12.7. The number of carbonyl (C=O) groups excluding carboxylic acids is 1. The van der Waals surface area contributed by atoms with E-state index in [1.54, 1.807) is 24.7 Å². The van der Waals surface area contributed by atoms with Crippen molar-refractivity contribution in [1.82, 2.24) is 9.97 Å². The molecule has 0 bridgehead atoms. The van der Waals surface area contributed by atoms with E-state index in [0.717, 1.165) is 43.4 Å². The Kier molecular flexibility index (Phi) is 7.52. The highest BCUT2D eigenvalue weighted by atomic mass is 32.2. The Labute approximate surface area is 183 Å². The first-order chi connectivity index (χ1) is 14.5. The molecule has 0 radical (unpaired) electrons. The van der Waals surface area contributed by atoms with Gasteiger partial charge in [0.05, 0.1) is 17.6 Å². The zero-order chi connectivity index (χ0) is 21.5. The summed E-state index contributed by atoms with van der Waals surface area (Å²) in [7, 11) is 0. The van der Waals surface area contributed by atoms with Crippen molar-refractivity contribution >= 4 is 34.9 Å². The van der Waals surface area contributed by atoms with Gasteiger partial charge in [0.15, 0.2) is 0 Å². The number of aromatic nitrogens is 2. The summed E-state index contributed by atoms with van der Waals surface area (Å²) in [6.45, 7) is 11.5. The molecule has 0 aliphatic carbocycles.